The lowest BCUT2D eigenvalue weighted by Gasteiger charge is -2.03. The minimum Gasteiger partial charge on any atom is -0.432 e. The minimum atomic E-state index is -0.421. The normalized spacial score (nSPS) is 9.81. The summed E-state index contributed by atoms with van der Waals surface area (Å²) in [5.74, 6) is 0. The summed E-state index contributed by atoms with van der Waals surface area (Å²) in [5.41, 5.74) is 1.31. The molecular formula is C10H10N4O2. The summed E-state index contributed by atoms with van der Waals surface area (Å²) in [6.07, 6.45) is 4.63. The van der Waals surface area contributed by atoms with E-state index >= 15 is 0 Å². The topological polar surface area (TPSA) is 80.0 Å². The average molecular weight is 218 g/mol. The molecule has 2 amide bonds. The van der Waals surface area contributed by atoms with E-state index in [0.29, 0.717) is 11.4 Å². The Hall–Kier alpha value is -2.37. The highest BCUT2D eigenvalue weighted by Gasteiger charge is 2.06. The molecule has 0 saturated heterocycles. The summed E-state index contributed by atoms with van der Waals surface area (Å²) in [5, 5.41) is 5.04. The fourth-order valence-electron chi connectivity index (χ4n) is 1.11. The van der Waals surface area contributed by atoms with Crippen molar-refractivity contribution >= 4 is 17.7 Å². The number of nitrogens with one attached hydrogen (secondary N) is 2. The predicted octanol–water partition coefficient (Wildman–Crippen LogP) is 2.02. The van der Waals surface area contributed by atoms with Crippen LogP contribution < -0.4 is 10.6 Å². The Morgan fingerprint density at radius 2 is 2.31 bits per heavy atom. The number of rotatable bonds is 2. The van der Waals surface area contributed by atoms with Crippen LogP contribution in [0.4, 0.5) is 16.5 Å². The first-order valence-corrected chi connectivity index (χ1v) is 4.64. The van der Waals surface area contributed by atoms with E-state index in [0.717, 1.165) is 0 Å². The largest absolute Gasteiger partial charge is 0.432 e. The number of aryl methyl sites for hydroxylation is 1. The number of pyridine rings is 1. The summed E-state index contributed by atoms with van der Waals surface area (Å²) < 4.78 is 4.97. The third-order valence-corrected chi connectivity index (χ3v) is 1.76. The van der Waals surface area contributed by atoms with Crippen molar-refractivity contribution in [3.05, 3.63) is 36.5 Å². The van der Waals surface area contributed by atoms with Gasteiger partial charge in [-0.15, -0.1) is 0 Å². The molecule has 16 heavy (non-hydrogen) atoms. The maximum Gasteiger partial charge on any atom is 0.327 e. The molecule has 2 aromatic heterocycles. The Bertz CT molecular complexity index is 481. The zero-order valence-corrected chi connectivity index (χ0v) is 8.60. The Balaban J connectivity index is 1.95. The highest BCUT2D eigenvalue weighted by atomic mass is 16.4. The maximum atomic E-state index is 11.4. The summed E-state index contributed by atoms with van der Waals surface area (Å²) in [7, 11) is 0. The number of anilines is 2. The van der Waals surface area contributed by atoms with E-state index in [-0.39, 0.29) is 6.01 Å². The molecule has 0 spiro atoms. The molecule has 0 aromatic carbocycles. The van der Waals surface area contributed by atoms with Gasteiger partial charge in [0.15, 0.2) is 0 Å². The third-order valence-electron chi connectivity index (χ3n) is 1.76. The summed E-state index contributed by atoms with van der Waals surface area (Å²) in [4.78, 5) is 19.2. The molecule has 0 aliphatic carbocycles. The molecule has 0 aliphatic heterocycles. The van der Waals surface area contributed by atoms with Crippen molar-refractivity contribution in [2.45, 2.75) is 6.92 Å². The van der Waals surface area contributed by atoms with E-state index < -0.39 is 6.03 Å². The number of hydrogen-bond acceptors (Lipinski definition) is 4. The van der Waals surface area contributed by atoms with Gasteiger partial charge in [-0.05, 0) is 19.1 Å². The first kappa shape index (κ1) is 10.2. The van der Waals surface area contributed by atoms with Crippen LogP contribution in [0.25, 0.3) is 0 Å². The van der Waals surface area contributed by atoms with Crippen molar-refractivity contribution in [3.63, 3.8) is 0 Å². The van der Waals surface area contributed by atoms with Crippen LogP contribution in [-0.2, 0) is 0 Å². The molecule has 2 N–H and O–H groups in total. The molecule has 0 aliphatic rings. The average Bonchev–Trinajstić information content (AvgIpc) is 2.65. The van der Waals surface area contributed by atoms with Gasteiger partial charge < -0.3 is 9.73 Å². The van der Waals surface area contributed by atoms with Gasteiger partial charge in [0.05, 0.1) is 17.6 Å². The van der Waals surface area contributed by atoms with Crippen LogP contribution in [-0.4, -0.2) is 16.0 Å². The summed E-state index contributed by atoms with van der Waals surface area (Å²) in [6, 6.07) is 3.20. The molecule has 6 heteroatoms. The summed E-state index contributed by atoms with van der Waals surface area (Å²) in [6.45, 7) is 1.77. The molecule has 0 saturated carbocycles. The molecule has 0 fully saturated rings. The number of oxazole rings is 1. The first-order chi connectivity index (χ1) is 7.74. The lowest BCUT2D eigenvalue weighted by atomic mass is 10.4. The van der Waals surface area contributed by atoms with Gasteiger partial charge in [0.1, 0.15) is 6.26 Å². The quantitative estimate of drug-likeness (QED) is 0.808. The van der Waals surface area contributed by atoms with Crippen LogP contribution in [0.3, 0.4) is 0 Å². The lowest BCUT2D eigenvalue weighted by Crippen LogP contribution is -2.19. The number of carbonyl (C=O) groups excluding carboxylic acids is 1. The van der Waals surface area contributed by atoms with Gasteiger partial charge in [-0.3, -0.25) is 10.3 Å². The van der Waals surface area contributed by atoms with Crippen molar-refractivity contribution in [1.82, 2.24) is 9.97 Å². The second kappa shape index (κ2) is 4.43. The molecule has 2 rings (SSSR count). The number of aromatic nitrogens is 2. The second-order valence-corrected chi connectivity index (χ2v) is 3.11. The van der Waals surface area contributed by atoms with Gasteiger partial charge in [0.2, 0.25) is 0 Å². The first-order valence-electron chi connectivity index (χ1n) is 4.64. The van der Waals surface area contributed by atoms with Crippen LogP contribution in [0, 0.1) is 6.92 Å². The number of nitrogens with zero attached hydrogens (tertiary/aromatic N) is 2. The zero-order valence-electron chi connectivity index (χ0n) is 8.60. The van der Waals surface area contributed by atoms with Gasteiger partial charge >= 0.3 is 12.0 Å². The van der Waals surface area contributed by atoms with Crippen molar-refractivity contribution in [3.8, 4) is 0 Å². The molecule has 2 aromatic rings. The predicted molar refractivity (Wildman–Crippen MR) is 58.1 cm³/mol. The number of hydrogen-bond donors (Lipinski definition) is 2. The number of carbonyl (C=O) groups is 1. The van der Waals surface area contributed by atoms with Gasteiger partial charge in [-0.25, -0.2) is 4.79 Å². The molecule has 0 atom stereocenters. The highest BCUT2D eigenvalue weighted by Crippen LogP contribution is 2.07. The van der Waals surface area contributed by atoms with Gasteiger partial charge in [0.25, 0.3) is 0 Å². The van der Waals surface area contributed by atoms with Crippen molar-refractivity contribution in [2.75, 3.05) is 10.6 Å². The van der Waals surface area contributed by atoms with E-state index in [9.17, 15) is 4.79 Å². The van der Waals surface area contributed by atoms with Crippen molar-refractivity contribution in [1.29, 1.82) is 0 Å². The van der Waals surface area contributed by atoms with Crippen LogP contribution in [0.1, 0.15) is 5.69 Å². The van der Waals surface area contributed by atoms with Crippen LogP contribution in [0.15, 0.2) is 35.2 Å². The molecule has 0 bridgehead atoms. The molecule has 82 valence electrons. The molecular weight excluding hydrogens is 208 g/mol. The van der Waals surface area contributed by atoms with Gasteiger partial charge in [-0.1, -0.05) is 0 Å². The van der Waals surface area contributed by atoms with E-state index in [2.05, 4.69) is 20.6 Å². The van der Waals surface area contributed by atoms with Gasteiger partial charge in [0, 0.05) is 6.20 Å². The SMILES string of the molecule is Cc1coc(NC(=O)Nc2cccnc2)n1. The molecule has 6 nitrogen and oxygen atoms in total. The van der Waals surface area contributed by atoms with Crippen LogP contribution in [0.2, 0.25) is 0 Å². The van der Waals surface area contributed by atoms with Gasteiger partial charge in [-0.2, -0.15) is 4.98 Å². The fourth-order valence-corrected chi connectivity index (χ4v) is 1.11. The molecule has 2 heterocycles. The van der Waals surface area contributed by atoms with Crippen molar-refractivity contribution < 1.29 is 9.21 Å². The Kier molecular flexibility index (Phi) is 2.81. The Morgan fingerprint density at radius 3 is 2.94 bits per heavy atom. The third kappa shape index (κ3) is 2.57. The monoisotopic (exact) mass is 218 g/mol. The second-order valence-electron chi connectivity index (χ2n) is 3.11. The standard InChI is InChI=1S/C10H10N4O2/c1-7-6-16-10(12-7)14-9(15)13-8-3-2-4-11-5-8/h2-6H,1H3,(H2,12,13,14,15). The van der Waals surface area contributed by atoms with Crippen LogP contribution >= 0.6 is 0 Å². The van der Waals surface area contributed by atoms with E-state index in [1.165, 1.54) is 6.26 Å². The fraction of sp³-hybridized carbons (Fsp3) is 0.100. The lowest BCUT2D eigenvalue weighted by molar-refractivity contribution is 0.261. The molecule has 0 radical (unpaired) electrons. The Morgan fingerprint density at radius 1 is 1.44 bits per heavy atom. The maximum absolute atomic E-state index is 11.4. The van der Waals surface area contributed by atoms with Crippen LogP contribution in [0.5, 0.6) is 0 Å². The zero-order chi connectivity index (χ0) is 11.4. The van der Waals surface area contributed by atoms with Crippen molar-refractivity contribution in [2.24, 2.45) is 0 Å². The number of amides is 2. The molecule has 0 unspecified atom stereocenters. The smallest absolute Gasteiger partial charge is 0.327 e. The van der Waals surface area contributed by atoms with E-state index in [1.54, 1.807) is 31.5 Å². The highest BCUT2D eigenvalue weighted by molar-refractivity contribution is 5.98. The Labute approximate surface area is 91.7 Å². The number of urea groups is 1. The van der Waals surface area contributed by atoms with E-state index in [4.69, 9.17) is 4.42 Å². The summed E-state index contributed by atoms with van der Waals surface area (Å²) >= 11 is 0. The van der Waals surface area contributed by atoms with E-state index in [1.807, 2.05) is 0 Å². The minimum absolute atomic E-state index is 0.166.